The van der Waals surface area contributed by atoms with E-state index in [-0.39, 0.29) is 17.0 Å². The van der Waals surface area contributed by atoms with Crippen molar-refractivity contribution in [1.29, 1.82) is 0 Å². The molecule has 0 saturated heterocycles. The highest BCUT2D eigenvalue weighted by Gasteiger charge is 2.17. The summed E-state index contributed by atoms with van der Waals surface area (Å²) in [5.41, 5.74) is 0.182. The molecule has 0 unspecified atom stereocenters. The van der Waals surface area contributed by atoms with Crippen molar-refractivity contribution in [3.63, 3.8) is 0 Å². The molecule has 0 heterocycles. The Morgan fingerprint density at radius 1 is 1.04 bits per heavy atom. The van der Waals surface area contributed by atoms with E-state index in [9.17, 15) is 19.5 Å². The van der Waals surface area contributed by atoms with E-state index in [1.807, 2.05) is 6.92 Å². The van der Waals surface area contributed by atoms with E-state index in [0.717, 1.165) is 6.08 Å². The molecule has 2 aromatic carbocycles. The van der Waals surface area contributed by atoms with Gasteiger partial charge in [0.05, 0.1) is 17.9 Å². The number of para-hydroxylation sites is 1. The van der Waals surface area contributed by atoms with Gasteiger partial charge in [0.15, 0.2) is 0 Å². The standard InChI is InChI=1S/C19H17NO6/c1-2-26-13-9-7-12(8-10-13)16(21)11-17(22)18(23)20-15-6-4-3-5-14(15)19(24)25/h3-11,21H,2H2,1H3,(H,20,23)(H,24,25)/b16-11-. The lowest BCUT2D eigenvalue weighted by atomic mass is 10.1. The topological polar surface area (TPSA) is 113 Å². The van der Waals surface area contributed by atoms with Gasteiger partial charge in [-0.3, -0.25) is 9.59 Å². The van der Waals surface area contributed by atoms with Crippen molar-refractivity contribution < 1.29 is 29.3 Å². The fourth-order valence-corrected chi connectivity index (χ4v) is 2.12. The van der Waals surface area contributed by atoms with Crippen LogP contribution in [-0.2, 0) is 9.59 Å². The molecule has 7 heteroatoms. The summed E-state index contributed by atoms with van der Waals surface area (Å²) in [5, 5.41) is 21.3. The quantitative estimate of drug-likeness (QED) is 0.400. The fourth-order valence-electron chi connectivity index (χ4n) is 2.12. The summed E-state index contributed by atoms with van der Waals surface area (Å²) in [7, 11) is 0. The number of hydrogen-bond acceptors (Lipinski definition) is 5. The minimum Gasteiger partial charge on any atom is -0.507 e. The molecule has 7 nitrogen and oxygen atoms in total. The number of amides is 1. The largest absolute Gasteiger partial charge is 0.507 e. The van der Waals surface area contributed by atoms with E-state index in [4.69, 9.17) is 9.84 Å². The van der Waals surface area contributed by atoms with Gasteiger partial charge in [0.1, 0.15) is 11.5 Å². The van der Waals surface area contributed by atoms with Crippen LogP contribution in [0.4, 0.5) is 5.69 Å². The Kier molecular flexibility index (Phi) is 6.10. The molecule has 0 atom stereocenters. The second-order valence-electron chi connectivity index (χ2n) is 5.16. The number of benzene rings is 2. The predicted molar refractivity (Wildman–Crippen MR) is 95.3 cm³/mol. The molecule has 1 amide bonds. The number of hydrogen-bond donors (Lipinski definition) is 3. The lowest BCUT2D eigenvalue weighted by molar-refractivity contribution is -0.131. The molecule has 0 radical (unpaired) electrons. The molecule has 0 aliphatic heterocycles. The predicted octanol–water partition coefficient (Wildman–Crippen LogP) is 2.89. The number of anilines is 1. The van der Waals surface area contributed by atoms with Crippen molar-refractivity contribution in [2.75, 3.05) is 11.9 Å². The lowest BCUT2D eigenvalue weighted by Crippen LogP contribution is -2.22. The van der Waals surface area contributed by atoms with Crippen LogP contribution in [0.1, 0.15) is 22.8 Å². The zero-order chi connectivity index (χ0) is 19.1. The van der Waals surface area contributed by atoms with E-state index in [2.05, 4.69) is 5.32 Å². The molecule has 0 fully saturated rings. The molecule has 26 heavy (non-hydrogen) atoms. The Labute approximate surface area is 149 Å². The maximum atomic E-state index is 12.0. The summed E-state index contributed by atoms with van der Waals surface area (Å²) in [4.78, 5) is 35.0. The van der Waals surface area contributed by atoms with Gasteiger partial charge in [-0.25, -0.2) is 4.79 Å². The third kappa shape index (κ3) is 4.70. The summed E-state index contributed by atoms with van der Waals surface area (Å²) in [5.74, 6) is -3.09. The highest BCUT2D eigenvalue weighted by molar-refractivity contribution is 6.45. The molecular formula is C19H17NO6. The van der Waals surface area contributed by atoms with Crippen molar-refractivity contribution in [3.8, 4) is 5.75 Å². The first-order valence-corrected chi connectivity index (χ1v) is 7.74. The highest BCUT2D eigenvalue weighted by atomic mass is 16.5. The summed E-state index contributed by atoms with van der Waals surface area (Å²) in [6.07, 6.45) is 0.772. The van der Waals surface area contributed by atoms with Crippen molar-refractivity contribution in [2.45, 2.75) is 6.92 Å². The number of aliphatic hydroxyl groups is 1. The maximum Gasteiger partial charge on any atom is 0.337 e. The van der Waals surface area contributed by atoms with Gasteiger partial charge in [-0.2, -0.15) is 0 Å². The number of carbonyl (C=O) groups excluding carboxylic acids is 2. The third-order valence-electron chi connectivity index (χ3n) is 3.36. The normalized spacial score (nSPS) is 10.9. The van der Waals surface area contributed by atoms with Crippen LogP contribution in [0.5, 0.6) is 5.75 Å². The molecule has 134 valence electrons. The van der Waals surface area contributed by atoms with Crippen LogP contribution in [0.2, 0.25) is 0 Å². The first-order valence-electron chi connectivity index (χ1n) is 7.74. The van der Waals surface area contributed by atoms with Gasteiger partial charge in [-0.05, 0) is 43.3 Å². The van der Waals surface area contributed by atoms with Gasteiger partial charge >= 0.3 is 5.97 Å². The average molecular weight is 355 g/mol. The Bertz CT molecular complexity index is 855. The number of rotatable bonds is 7. The van der Waals surface area contributed by atoms with Gasteiger partial charge < -0.3 is 20.3 Å². The minimum atomic E-state index is -1.24. The molecule has 0 bridgehead atoms. The number of ether oxygens (including phenoxy) is 1. The zero-order valence-corrected chi connectivity index (χ0v) is 13.9. The van der Waals surface area contributed by atoms with Crippen molar-refractivity contribution in [3.05, 3.63) is 65.7 Å². The first kappa shape index (κ1) is 18.7. The third-order valence-corrected chi connectivity index (χ3v) is 3.36. The molecule has 2 rings (SSSR count). The summed E-state index contributed by atoms with van der Waals surface area (Å²) in [6, 6.07) is 12.0. The smallest absolute Gasteiger partial charge is 0.337 e. The van der Waals surface area contributed by atoms with Crippen LogP contribution in [0.25, 0.3) is 5.76 Å². The molecule has 0 spiro atoms. The summed E-state index contributed by atoms with van der Waals surface area (Å²) >= 11 is 0. The summed E-state index contributed by atoms with van der Waals surface area (Å²) < 4.78 is 5.28. The van der Waals surface area contributed by atoms with Crippen molar-refractivity contribution >= 4 is 29.1 Å². The maximum absolute atomic E-state index is 12.0. The van der Waals surface area contributed by atoms with Gasteiger partial charge in [0.2, 0.25) is 5.78 Å². The molecule has 0 aliphatic carbocycles. The van der Waals surface area contributed by atoms with E-state index >= 15 is 0 Å². The lowest BCUT2D eigenvalue weighted by Gasteiger charge is -2.07. The van der Waals surface area contributed by atoms with E-state index in [0.29, 0.717) is 17.9 Å². The number of aliphatic hydroxyl groups excluding tert-OH is 1. The Balaban J connectivity index is 2.11. The number of carbonyl (C=O) groups is 3. The van der Waals surface area contributed by atoms with Crippen LogP contribution in [0, 0.1) is 0 Å². The number of ketones is 1. The van der Waals surface area contributed by atoms with Crippen LogP contribution >= 0.6 is 0 Å². The molecule has 3 N–H and O–H groups in total. The van der Waals surface area contributed by atoms with E-state index in [1.54, 1.807) is 24.3 Å². The van der Waals surface area contributed by atoms with Gasteiger partial charge in [0, 0.05) is 11.6 Å². The monoisotopic (exact) mass is 355 g/mol. The van der Waals surface area contributed by atoms with E-state index in [1.165, 1.54) is 24.3 Å². The van der Waals surface area contributed by atoms with Gasteiger partial charge in [0.25, 0.3) is 5.91 Å². The fraction of sp³-hybridized carbons (Fsp3) is 0.105. The molecular weight excluding hydrogens is 338 g/mol. The van der Waals surface area contributed by atoms with E-state index < -0.39 is 17.7 Å². The van der Waals surface area contributed by atoms with Crippen LogP contribution in [0.3, 0.4) is 0 Å². The second kappa shape index (κ2) is 8.48. The van der Waals surface area contributed by atoms with Crippen LogP contribution in [0.15, 0.2) is 54.6 Å². The molecule has 0 aromatic heterocycles. The van der Waals surface area contributed by atoms with Crippen LogP contribution in [-0.4, -0.2) is 34.5 Å². The Hall–Kier alpha value is -3.61. The molecule has 0 saturated carbocycles. The minimum absolute atomic E-state index is 0.00712. The SMILES string of the molecule is CCOc1ccc(/C(O)=C/C(=O)C(=O)Nc2ccccc2C(=O)O)cc1. The Morgan fingerprint density at radius 3 is 2.31 bits per heavy atom. The number of nitrogens with one attached hydrogen (secondary N) is 1. The zero-order valence-electron chi connectivity index (χ0n) is 13.9. The van der Waals surface area contributed by atoms with Gasteiger partial charge in [-0.1, -0.05) is 12.1 Å². The summed E-state index contributed by atoms with van der Waals surface area (Å²) in [6.45, 7) is 2.34. The molecule has 2 aromatic rings. The first-order chi connectivity index (χ1) is 12.4. The number of aromatic carboxylic acids is 1. The number of carboxylic acid groups (broad SMARTS) is 1. The number of carboxylic acids is 1. The average Bonchev–Trinajstić information content (AvgIpc) is 2.62. The van der Waals surface area contributed by atoms with Gasteiger partial charge in [-0.15, -0.1) is 0 Å². The van der Waals surface area contributed by atoms with Crippen molar-refractivity contribution in [2.24, 2.45) is 0 Å². The highest BCUT2D eigenvalue weighted by Crippen LogP contribution is 2.18. The second-order valence-corrected chi connectivity index (χ2v) is 5.16. The molecule has 0 aliphatic rings. The Morgan fingerprint density at radius 2 is 1.69 bits per heavy atom. The van der Waals surface area contributed by atoms with Crippen LogP contribution < -0.4 is 10.1 Å². The van der Waals surface area contributed by atoms with Crippen molar-refractivity contribution in [1.82, 2.24) is 0 Å².